The van der Waals surface area contributed by atoms with Crippen LogP contribution in [-0.2, 0) is 0 Å². The van der Waals surface area contributed by atoms with E-state index in [0.717, 1.165) is 11.4 Å². The van der Waals surface area contributed by atoms with E-state index in [0.29, 0.717) is 11.3 Å². The largest absolute Gasteiger partial charge is 0.396 e. The van der Waals surface area contributed by atoms with Gasteiger partial charge in [-0.25, -0.2) is 4.68 Å². The zero-order valence-corrected chi connectivity index (χ0v) is 8.31. The Bertz CT molecular complexity index is 497. The molecule has 0 atom stereocenters. The van der Waals surface area contributed by atoms with Gasteiger partial charge < -0.3 is 5.73 Å². The van der Waals surface area contributed by atoms with Crippen LogP contribution in [0.5, 0.6) is 0 Å². The molecule has 4 heteroatoms. The van der Waals surface area contributed by atoms with Gasteiger partial charge in [0.15, 0.2) is 0 Å². The highest BCUT2D eigenvalue weighted by Crippen LogP contribution is 2.13. The minimum Gasteiger partial charge on any atom is -0.396 e. The lowest BCUT2D eigenvalue weighted by molar-refractivity contribution is 0.862. The van der Waals surface area contributed by atoms with Gasteiger partial charge >= 0.3 is 0 Å². The number of rotatable bonds is 1. The number of anilines is 1. The highest BCUT2D eigenvalue weighted by molar-refractivity contribution is 5.45. The fourth-order valence-electron chi connectivity index (χ4n) is 1.29. The van der Waals surface area contributed by atoms with Crippen molar-refractivity contribution in [2.24, 2.45) is 0 Å². The summed E-state index contributed by atoms with van der Waals surface area (Å²) in [5, 5.41) is 12.9. The quantitative estimate of drug-likeness (QED) is 0.757. The van der Waals surface area contributed by atoms with E-state index in [1.165, 1.54) is 0 Å². The Balaban J connectivity index is 2.42. The topological polar surface area (TPSA) is 67.6 Å². The highest BCUT2D eigenvalue weighted by Gasteiger charge is 2.02. The van der Waals surface area contributed by atoms with Gasteiger partial charge in [0.1, 0.15) is 0 Å². The van der Waals surface area contributed by atoms with Crippen LogP contribution in [0.15, 0.2) is 30.5 Å². The molecule has 0 aliphatic heterocycles. The van der Waals surface area contributed by atoms with Gasteiger partial charge in [-0.15, -0.1) is 0 Å². The molecule has 74 valence electrons. The molecule has 1 aromatic heterocycles. The number of benzene rings is 1. The number of nitrogen functional groups attached to an aromatic ring is 1. The van der Waals surface area contributed by atoms with Crippen molar-refractivity contribution in [1.29, 1.82) is 5.26 Å². The summed E-state index contributed by atoms with van der Waals surface area (Å²) in [4.78, 5) is 0. The lowest BCUT2D eigenvalue weighted by atomic mass is 10.2. The van der Waals surface area contributed by atoms with Crippen molar-refractivity contribution in [2.75, 3.05) is 5.73 Å². The Morgan fingerprint density at radius 1 is 1.33 bits per heavy atom. The molecule has 2 rings (SSSR count). The first-order valence-electron chi connectivity index (χ1n) is 4.53. The van der Waals surface area contributed by atoms with Gasteiger partial charge in [0.2, 0.25) is 0 Å². The second-order valence-electron chi connectivity index (χ2n) is 3.27. The lowest BCUT2D eigenvalue weighted by Gasteiger charge is -1.99. The van der Waals surface area contributed by atoms with Gasteiger partial charge in [-0.1, -0.05) is 0 Å². The molecule has 2 N–H and O–H groups in total. The maximum Gasteiger partial charge on any atom is 0.0991 e. The molecule has 0 amide bonds. The molecule has 0 bridgehead atoms. The summed E-state index contributed by atoms with van der Waals surface area (Å²) in [5.41, 5.74) is 8.70. The van der Waals surface area contributed by atoms with Crippen LogP contribution >= 0.6 is 0 Å². The molecule has 15 heavy (non-hydrogen) atoms. The third-order valence-electron chi connectivity index (χ3n) is 2.20. The van der Waals surface area contributed by atoms with Crippen LogP contribution in [0.1, 0.15) is 11.3 Å². The predicted octanol–water partition coefficient (Wildman–Crippen LogP) is 1.63. The van der Waals surface area contributed by atoms with Crippen LogP contribution in [0.25, 0.3) is 5.69 Å². The predicted molar refractivity (Wildman–Crippen MR) is 57.4 cm³/mol. The molecule has 0 aliphatic carbocycles. The van der Waals surface area contributed by atoms with Crippen molar-refractivity contribution in [3.05, 3.63) is 41.7 Å². The van der Waals surface area contributed by atoms with E-state index in [-0.39, 0.29) is 0 Å². The second-order valence-corrected chi connectivity index (χ2v) is 3.27. The Morgan fingerprint density at radius 2 is 2.00 bits per heavy atom. The van der Waals surface area contributed by atoms with Gasteiger partial charge in [-0.05, 0) is 31.2 Å². The number of hydrogen-bond donors (Lipinski definition) is 1. The molecular formula is C11H10N4. The van der Waals surface area contributed by atoms with Crippen LogP contribution < -0.4 is 5.73 Å². The van der Waals surface area contributed by atoms with E-state index < -0.39 is 0 Å². The first-order chi connectivity index (χ1) is 7.20. The average molecular weight is 198 g/mol. The average Bonchev–Trinajstić information content (AvgIpc) is 2.59. The van der Waals surface area contributed by atoms with E-state index in [9.17, 15) is 0 Å². The van der Waals surface area contributed by atoms with Crippen LogP contribution in [0.2, 0.25) is 0 Å². The summed E-state index contributed by atoms with van der Waals surface area (Å²) >= 11 is 0. The van der Waals surface area contributed by atoms with Crippen molar-refractivity contribution in [2.45, 2.75) is 6.92 Å². The second kappa shape index (κ2) is 3.46. The number of nitriles is 1. The molecule has 0 radical (unpaired) electrons. The van der Waals surface area contributed by atoms with Gasteiger partial charge in [0.05, 0.1) is 34.9 Å². The van der Waals surface area contributed by atoms with Crippen LogP contribution in [0, 0.1) is 18.3 Å². The SMILES string of the molecule is Cc1nn(-c2ccc(C#N)cc2)cc1N. The maximum absolute atomic E-state index is 8.65. The Morgan fingerprint density at radius 3 is 2.47 bits per heavy atom. The molecule has 2 aromatic rings. The Kier molecular flexibility index (Phi) is 2.14. The summed E-state index contributed by atoms with van der Waals surface area (Å²) in [6.45, 7) is 1.86. The zero-order valence-electron chi connectivity index (χ0n) is 8.31. The number of aryl methyl sites for hydroxylation is 1. The first kappa shape index (κ1) is 9.28. The molecule has 1 aromatic carbocycles. The highest BCUT2D eigenvalue weighted by atomic mass is 15.3. The standard InChI is InChI=1S/C11H10N4/c1-8-11(13)7-15(14-8)10-4-2-9(6-12)3-5-10/h2-5,7H,13H2,1H3. The van der Waals surface area contributed by atoms with Gasteiger partial charge in [-0.2, -0.15) is 10.4 Å². The lowest BCUT2D eigenvalue weighted by Crippen LogP contribution is -1.94. The Labute approximate surface area is 87.6 Å². The van der Waals surface area contributed by atoms with E-state index in [4.69, 9.17) is 11.0 Å². The number of nitrogens with zero attached hydrogens (tertiary/aromatic N) is 3. The van der Waals surface area contributed by atoms with E-state index in [1.54, 1.807) is 23.0 Å². The molecular weight excluding hydrogens is 188 g/mol. The number of nitrogens with two attached hydrogens (primary N) is 1. The number of aromatic nitrogens is 2. The third kappa shape index (κ3) is 1.67. The maximum atomic E-state index is 8.65. The van der Waals surface area contributed by atoms with E-state index in [2.05, 4.69) is 11.2 Å². The van der Waals surface area contributed by atoms with E-state index >= 15 is 0 Å². The molecule has 0 fully saturated rings. The third-order valence-corrected chi connectivity index (χ3v) is 2.20. The number of hydrogen-bond acceptors (Lipinski definition) is 3. The summed E-state index contributed by atoms with van der Waals surface area (Å²) in [5.74, 6) is 0. The van der Waals surface area contributed by atoms with Crippen molar-refractivity contribution >= 4 is 5.69 Å². The van der Waals surface area contributed by atoms with Crippen molar-refractivity contribution in [1.82, 2.24) is 9.78 Å². The zero-order chi connectivity index (χ0) is 10.8. The molecule has 0 saturated heterocycles. The molecule has 1 heterocycles. The van der Waals surface area contributed by atoms with Crippen molar-refractivity contribution < 1.29 is 0 Å². The van der Waals surface area contributed by atoms with Crippen LogP contribution in [-0.4, -0.2) is 9.78 Å². The molecule has 0 spiro atoms. The van der Waals surface area contributed by atoms with Crippen LogP contribution in [0.3, 0.4) is 0 Å². The van der Waals surface area contributed by atoms with Gasteiger partial charge in [-0.3, -0.25) is 0 Å². The van der Waals surface area contributed by atoms with Gasteiger partial charge in [0.25, 0.3) is 0 Å². The summed E-state index contributed by atoms with van der Waals surface area (Å²) in [6.07, 6.45) is 1.76. The summed E-state index contributed by atoms with van der Waals surface area (Å²) in [6, 6.07) is 9.25. The fraction of sp³-hybridized carbons (Fsp3) is 0.0909. The van der Waals surface area contributed by atoms with E-state index in [1.807, 2.05) is 19.1 Å². The molecule has 0 saturated carbocycles. The normalized spacial score (nSPS) is 9.87. The minimum absolute atomic E-state index is 0.635. The van der Waals surface area contributed by atoms with Crippen molar-refractivity contribution in [3.63, 3.8) is 0 Å². The first-order valence-corrected chi connectivity index (χ1v) is 4.53. The Hall–Kier alpha value is -2.28. The monoisotopic (exact) mass is 198 g/mol. The smallest absolute Gasteiger partial charge is 0.0991 e. The molecule has 0 aliphatic rings. The van der Waals surface area contributed by atoms with Crippen LogP contribution in [0.4, 0.5) is 5.69 Å². The fourth-order valence-corrected chi connectivity index (χ4v) is 1.29. The summed E-state index contributed by atoms with van der Waals surface area (Å²) in [7, 11) is 0. The van der Waals surface area contributed by atoms with Gasteiger partial charge in [0, 0.05) is 0 Å². The van der Waals surface area contributed by atoms with Crippen molar-refractivity contribution in [3.8, 4) is 11.8 Å². The molecule has 4 nitrogen and oxygen atoms in total. The molecule has 0 unspecified atom stereocenters. The minimum atomic E-state index is 0.635. The summed E-state index contributed by atoms with van der Waals surface area (Å²) < 4.78 is 1.70.